The molecule has 3 heteroatoms. The molecular weight excluding hydrogens is 354 g/mol. The molecule has 1 N–H and O–H groups in total. The van der Waals surface area contributed by atoms with Crippen LogP contribution in [0.3, 0.4) is 0 Å². The van der Waals surface area contributed by atoms with Crippen LogP contribution in [0.15, 0.2) is 91.0 Å². The molecule has 0 spiro atoms. The molecule has 0 aliphatic carbocycles. The Balaban J connectivity index is 1.50. The van der Waals surface area contributed by atoms with Crippen molar-refractivity contribution in [1.82, 2.24) is 0 Å². The van der Waals surface area contributed by atoms with Gasteiger partial charge in [-0.15, -0.1) is 0 Å². The first-order valence-electron chi connectivity index (χ1n) is 8.97. The maximum absolute atomic E-state index is 6.23. The summed E-state index contributed by atoms with van der Waals surface area (Å²) in [5, 5.41) is 6.72. The second-order valence-corrected chi connectivity index (χ2v) is 6.78. The number of hydrogen-bond acceptors (Lipinski definition) is 2. The molecule has 0 saturated carbocycles. The van der Waals surface area contributed by atoms with Gasteiger partial charge in [0.05, 0.1) is 0 Å². The topological polar surface area (TPSA) is 21.3 Å². The van der Waals surface area contributed by atoms with E-state index >= 15 is 0 Å². The molecule has 27 heavy (non-hydrogen) atoms. The van der Waals surface area contributed by atoms with Gasteiger partial charge in [0.25, 0.3) is 0 Å². The van der Waals surface area contributed by atoms with E-state index in [1.807, 2.05) is 42.5 Å². The number of ether oxygens (including phenoxy) is 1. The summed E-state index contributed by atoms with van der Waals surface area (Å²) in [6.07, 6.45) is 0. The third kappa shape index (κ3) is 4.07. The molecule has 0 aromatic heterocycles. The van der Waals surface area contributed by atoms with Crippen molar-refractivity contribution in [3.8, 4) is 5.75 Å². The largest absolute Gasteiger partial charge is 0.488 e. The number of rotatable bonds is 6. The number of para-hydroxylation sites is 1. The SMILES string of the molecule is Clc1ccccc1COc1ccccc1CNc1cccc2ccccc12. The molecule has 0 amide bonds. The van der Waals surface area contributed by atoms with E-state index in [2.05, 4.69) is 53.8 Å². The van der Waals surface area contributed by atoms with E-state index in [1.165, 1.54) is 10.8 Å². The minimum atomic E-state index is 0.449. The molecule has 0 fully saturated rings. The first-order valence-corrected chi connectivity index (χ1v) is 9.35. The van der Waals surface area contributed by atoms with Gasteiger partial charge < -0.3 is 10.1 Å². The number of anilines is 1. The van der Waals surface area contributed by atoms with Gasteiger partial charge in [-0.25, -0.2) is 0 Å². The summed E-state index contributed by atoms with van der Waals surface area (Å²) in [5.41, 5.74) is 3.21. The van der Waals surface area contributed by atoms with Crippen LogP contribution >= 0.6 is 11.6 Å². The minimum absolute atomic E-state index is 0.449. The van der Waals surface area contributed by atoms with E-state index in [0.29, 0.717) is 13.2 Å². The van der Waals surface area contributed by atoms with Crippen LogP contribution in [0, 0.1) is 0 Å². The third-order valence-electron chi connectivity index (χ3n) is 4.57. The maximum atomic E-state index is 6.23. The van der Waals surface area contributed by atoms with Gasteiger partial charge in [-0.3, -0.25) is 0 Å². The molecule has 4 rings (SSSR count). The Labute approximate surface area is 164 Å². The van der Waals surface area contributed by atoms with Crippen LogP contribution < -0.4 is 10.1 Å². The summed E-state index contributed by atoms with van der Waals surface area (Å²) >= 11 is 6.23. The van der Waals surface area contributed by atoms with E-state index in [4.69, 9.17) is 16.3 Å². The summed E-state index contributed by atoms with van der Waals surface area (Å²) in [4.78, 5) is 0. The molecule has 2 nitrogen and oxygen atoms in total. The molecule has 0 aliphatic rings. The second-order valence-electron chi connectivity index (χ2n) is 6.37. The van der Waals surface area contributed by atoms with Crippen molar-refractivity contribution in [3.05, 3.63) is 107 Å². The van der Waals surface area contributed by atoms with Crippen molar-refractivity contribution in [2.75, 3.05) is 5.32 Å². The molecule has 4 aromatic rings. The lowest BCUT2D eigenvalue weighted by Gasteiger charge is -2.14. The molecule has 0 saturated heterocycles. The Morgan fingerprint density at radius 3 is 2.30 bits per heavy atom. The van der Waals surface area contributed by atoms with E-state index in [-0.39, 0.29) is 0 Å². The van der Waals surface area contributed by atoms with Gasteiger partial charge in [0.2, 0.25) is 0 Å². The van der Waals surface area contributed by atoms with Crippen molar-refractivity contribution in [2.24, 2.45) is 0 Å². The third-order valence-corrected chi connectivity index (χ3v) is 4.94. The normalized spacial score (nSPS) is 10.7. The van der Waals surface area contributed by atoms with Gasteiger partial charge in [-0.05, 0) is 23.6 Å². The predicted molar refractivity (Wildman–Crippen MR) is 114 cm³/mol. The summed E-state index contributed by atoms with van der Waals surface area (Å²) in [6, 6.07) is 30.6. The van der Waals surface area contributed by atoms with Crippen LogP contribution in [-0.2, 0) is 13.2 Å². The van der Waals surface area contributed by atoms with Gasteiger partial charge >= 0.3 is 0 Å². The molecule has 0 radical (unpaired) electrons. The zero-order valence-electron chi connectivity index (χ0n) is 14.9. The summed E-state index contributed by atoms with van der Waals surface area (Å²) in [6.45, 7) is 1.14. The molecule has 0 heterocycles. The number of fused-ring (bicyclic) bond motifs is 1. The maximum Gasteiger partial charge on any atom is 0.124 e. The van der Waals surface area contributed by atoms with Gasteiger partial charge in [0.15, 0.2) is 0 Å². The molecule has 0 atom stereocenters. The number of halogens is 1. The highest BCUT2D eigenvalue weighted by Gasteiger charge is 2.06. The van der Waals surface area contributed by atoms with Crippen molar-refractivity contribution < 1.29 is 4.74 Å². The predicted octanol–water partition coefficient (Wildman–Crippen LogP) is 6.68. The van der Waals surface area contributed by atoms with Gasteiger partial charge in [-0.1, -0.05) is 84.4 Å². The van der Waals surface area contributed by atoms with E-state index in [0.717, 1.165) is 27.6 Å². The van der Waals surface area contributed by atoms with Crippen LogP contribution in [0.25, 0.3) is 10.8 Å². The minimum Gasteiger partial charge on any atom is -0.488 e. The lowest BCUT2D eigenvalue weighted by molar-refractivity contribution is 0.303. The first kappa shape index (κ1) is 17.4. The highest BCUT2D eigenvalue weighted by atomic mass is 35.5. The Kier molecular flexibility index (Phi) is 5.27. The molecule has 0 unspecified atom stereocenters. The van der Waals surface area contributed by atoms with Crippen LogP contribution in [-0.4, -0.2) is 0 Å². The summed E-state index contributed by atoms with van der Waals surface area (Å²) < 4.78 is 6.06. The Morgan fingerprint density at radius 2 is 1.41 bits per heavy atom. The highest BCUT2D eigenvalue weighted by molar-refractivity contribution is 6.31. The lowest BCUT2D eigenvalue weighted by atomic mass is 10.1. The van der Waals surface area contributed by atoms with Crippen molar-refractivity contribution >= 4 is 28.1 Å². The molecule has 0 aliphatic heterocycles. The quantitative estimate of drug-likeness (QED) is 0.406. The van der Waals surface area contributed by atoms with Crippen LogP contribution in [0.4, 0.5) is 5.69 Å². The van der Waals surface area contributed by atoms with E-state index < -0.39 is 0 Å². The van der Waals surface area contributed by atoms with Crippen LogP contribution in [0.2, 0.25) is 5.02 Å². The Hall–Kier alpha value is -2.97. The fraction of sp³-hybridized carbons (Fsp3) is 0.0833. The fourth-order valence-electron chi connectivity index (χ4n) is 3.13. The highest BCUT2D eigenvalue weighted by Crippen LogP contribution is 2.26. The average Bonchev–Trinajstić information content (AvgIpc) is 2.72. The van der Waals surface area contributed by atoms with Crippen molar-refractivity contribution in [3.63, 3.8) is 0 Å². The molecular formula is C24H20ClNO. The van der Waals surface area contributed by atoms with Gasteiger partial charge in [0, 0.05) is 33.8 Å². The number of hydrogen-bond donors (Lipinski definition) is 1. The van der Waals surface area contributed by atoms with E-state index in [1.54, 1.807) is 0 Å². The lowest BCUT2D eigenvalue weighted by Crippen LogP contribution is -2.04. The van der Waals surface area contributed by atoms with Gasteiger partial charge in [-0.2, -0.15) is 0 Å². The molecule has 134 valence electrons. The van der Waals surface area contributed by atoms with E-state index in [9.17, 15) is 0 Å². The Morgan fingerprint density at radius 1 is 0.704 bits per heavy atom. The van der Waals surface area contributed by atoms with Crippen LogP contribution in [0.5, 0.6) is 5.75 Å². The fourth-order valence-corrected chi connectivity index (χ4v) is 3.32. The number of benzene rings is 4. The van der Waals surface area contributed by atoms with Gasteiger partial charge in [0.1, 0.15) is 12.4 Å². The number of nitrogens with one attached hydrogen (secondary N) is 1. The molecule has 0 bridgehead atoms. The second kappa shape index (κ2) is 8.15. The van der Waals surface area contributed by atoms with Crippen molar-refractivity contribution in [1.29, 1.82) is 0 Å². The zero-order valence-corrected chi connectivity index (χ0v) is 15.6. The summed E-state index contributed by atoms with van der Waals surface area (Å²) in [7, 11) is 0. The Bertz CT molecular complexity index is 1060. The monoisotopic (exact) mass is 373 g/mol. The van der Waals surface area contributed by atoms with Crippen molar-refractivity contribution in [2.45, 2.75) is 13.2 Å². The molecule has 4 aromatic carbocycles. The smallest absolute Gasteiger partial charge is 0.124 e. The average molecular weight is 374 g/mol. The zero-order chi connectivity index (χ0) is 18.5. The van der Waals surface area contributed by atoms with Crippen LogP contribution in [0.1, 0.15) is 11.1 Å². The standard InChI is InChI=1S/C24H20ClNO/c25-22-13-5-2-10-20(22)17-27-24-15-6-3-9-19(24)16-26-23-14-7-11-18-8-1-4-12-21(18)23/h1-15,26H,16-17H2. The first-order chi connectivity index (χ1) is 13.3. The summed E-state index contributed by atoms with van der Waals surface area (Å²) in [5.74, 6) is 0.866.